The summed E-state index contributed by atoms with van der Waals surface area (Å²) in [4.78, 5) is 12.2. The quantitative estimate of drug-likeness (QED) is 0.675. The summed E-state index contributed by atoms with van der Waals surface area (Å²) in [6, 6.07) is 3.43. The SMILES string of the molecule is O=c1ccc(I)c2sccn12. The van der Waals surface area contributed by atoms with Gasteiger partial charge in [0.2, 0.25) is 0 Å². The Bertz CT molecular complexity index is 445. The van der Waals surface area contributed by atoms with E-state index in [0.29, 0.717) is 0 Å². The summed E-state index contributed by atoms with van der Waals surface area (Å²) in [6.45, 7) is 0. The van der Waals surface area contributed by atoms with Crippen molar-refractivity contribution in [3.05, 3.63) is 37.6 Å². The van der Waals surface area contributed by atoms with Crippen molar-refractivity contribution in [2.24, 2.45) is 0 Å². The molecule has 0 radical (unpaired) electrons. The van der Waals surface area contributed by atoms with Crippen molar-refractivity contribution in [3.63, 3.8) is 0 Å². The van der Waals surface area contributed by atoms with E-state index < -0.39 is 0 Å². The van der Waals surface area contributed by atoms with Crippen LogP contribution in [0.3, 0.4) is 0 Å². The minimum atomic E-state index is 0.0432. The van der Waals surface area contributed by atoms with Gasteiger partial charge in [-0.05, 0) is 28.7 Å². The maximum Gasteiger partial charge on any atom is 0.255 e. The molecule has 0 amide bonds. The van der Waals surface area contributed by atoms with Crippen LogP contribution in [0.4, 0.5) is 0 Å². The zero-order valence-corrected chi connectivity index (χ0v) is 8.43. The number of halogens is 1. The lowest BCUT2D eigenvalue weighted by atomic mass is 10.5. The molecule has 2 aromatic rings. The molecule has 2 rings (SSSR count). The van der Waals surface area contributed by atoms with Gasteiger partial charge in [0.15, 0.2) is 0 Å². The van der Waals surface area contributed by atoms with Crippen molar-refractivity contribution in [3.8, 4) is 0 Å². The zero-order valence-electron chi connectivity index (χ0n) is 5.45. The van der Waals surface area contributed by atoms with Gasteiger partial charge in [0.05, 0.1) is 0 Å². The van der Waals surface area contributed by atoms with Crippen LogP contribution in [0.2, 0.25) is 0 Å². The van der Waals surface area contributed by atoms with Crippen LogP contribution in [0, 0.1) is 3.57 Å². The summed E-state index contributed by atoms with van der Waals surface area (Å²) < 4.78 is 2.78. The lowest BCUT2D eigenvalue weighted by Crippen LogP contribution is -2.09. The van der Waals surface area contributed by atoms with Crippen LogP contribution in [0.1, 0.15) is 0 Å². The number of aromatic nitrogens is 1. The van der Waals surface area contributed by atoms with E-state index in [2.05, 4.69) is 22.6 Å². The lowest BCUT2D eigenvalue weighted by molar-refractivity contribution is 1.12. The Morgan fingerprint density at radius 3 is 3.00 bits per heavy atom. The van der Waals surface area contributed by atoms with Gasteiger partial charge in [-0.2, -0.15) is 0 Å². The van der Waals surface area contributed by atoms with Gasteiger partial charge in [-0.15, -0.1) is 11.3 Å². The van der Waals surface area contributed by atoms with Crippen LogP contribution < -0.4 is 5.56 Å². The summed E-state index contributed by atoms with van der Waals surface area (Å²) in [7, 11) is 0. The van der Waals surface area contributed by atoms with Gasteiger partial charge in [-0.25, -0.2) is 0 Å². The largest absolute Gasteiger partial charge is 0.273 e. The molecule has 2 heterocycles. The second-order valence-corrected chi connectivity index (χ2v) is 4.15. The van der Waals surface area contributed by atoms with Crippen molar-refractivity contribution in [2.45, 2.75) is 0 Å². The molecule has 0 aromatic carbocycles. The molecule has 0 saturated heterocycles. The van der Waals surface area contributed by atoms with Gasteiger partial charge in [0, 0.05) is 21.2 Å². The fourth-order valence-electron chi connectivity index (χ4n) is 0.921. The first-order chi connectivity index (χ1) is 5.29. The molecule has 0 aliphatic rings. The number of fused-ring (bicyclic) bond motifs is 1. The van der Waals surface area contributed by atoms with E-state index in [9.17, 15) is 4.79 Å². The van der Waals surface area contributed by atoms with Crippen LogP contribution in [0.5, 0.6) is 0 Å². The van der Waals surface area contributed by atoms with E-state index in [1.165, 1.54) is 0 Å². The molecule has 0 aliphatic carbocycles. The first-order valence-corrected chi connectivity index (χ1v) is 4.99. The normalized spacial score (nSPS) is 10.6. The predicted octanol–water partition coefficient (Wildman–Crippen LogP) is 1.97. The number of rotatable bonds is 0. The molecular weight excluding hydrogens is 273 g/mol. The van der Waals surface area contributed by atoms with Crippen molar-refractivity contribution < 1.29 is 0 Å². The Morgan fingerprint density at radius 1 is 1.45 bits per heavy atom. The smallest absolute Gasteiger partial charge is 0.255 e. The number of hydrogen-bond acceptors (Lipinski definition) is 2. The summed E-state index contributed by atoms with van der Waals surface area (Å²) in [6.07, 6.45) is 1.80. The van der Waals surface area contributed by atoms with Gasteiger partial charge in [0.25, 0.3) is 5.56 Å². The van der Waals surface area contributed by atoms with Gasteiger partial charge in [-0.3, -0.25) is 9.20 Å². The van der Waals surface area contributed by atoms with Crippen molar-refractivity contribution in [1.29, 1.82) is 0 Å². The molecule has 0 aliphatic heterocycles. The molecular formula is C7H4INOS. The molecule has 0 atom stereocenters. The highest BCUT2D eigenvalue weighted by molar-refractivity contribution is 14.1. The predicted molar refractivity (Wildman–Crippen MR) is 54.3 cm³/mol. The van der Waals surface area contributed by atoms with Crippen LogP contribution in [-0.2, 0) is 0 Å². The Labute approximate surface area is 80.6 Å². The third kappa shape index (κ3) is 1.10. The fraction of sp³-hybridized carbons (Fsp3) is 0. The Morgan fingerprint density at radius 2 is 2.27 bits per heavy atom. The fourth-order valence-corrected chi connectivity index (χ4v) is 2.50. The van der Waals surface area contributed by atoms with E-state index in [1.54, 1.807) is 28.0 Å². The van der Waals surface area contributed by atoms with E-state index in [1.807, 2.05) is 11.4 Å². The highest BCUT2D eigenvalue weighted by atomic mass is 127. The summed E-state index contributed by atoms with van der Waals surface area (Å²) in [5.41, 5.74) is 0.0432. The van der Waals surface area contributed by atoms with Gasteiger partial charge >= 0.3 is 0 Å². The van der Waals surface area contributed by atoms with Gasteiger partial charge in [0.1, 0.15) is 4.83 Å². The molecule has 0 spiro atoms. The van der Waals surface area contributed by atoms with Crippen LogP contribution in [0.15, 0.2) is 28.5 Å². The second kappa shape index (κ2) is 2.60. The molecule has 4 heteroatoms. The highest BCUT2D eigenvalue weighted by Crippen LogP contribution is 2.16. The standard InChI is InChI=1S/C7H4INOS/c8-5-1-2-6(10)9-3-4-11-7(5)9/h1-4H. The zero-order chi connectivity index (χ0) is 7.84. The number of thiazole rings is 1. The maximum atomic E-state index is 11.2. The van der Waals surface area contributed by atoms with E-state index in [4.69, 9.17) is 0 Å². The molecule has 2 nitrogen and oxygen atoms in total. The minimum Gasteiger partial charge on any atom is -0.273 e. The third-order valence-electron chi connectivity index (χ3n) is 1.42. The minimum absolute atomic E-state index is 0.0432. The Balaban J connectivity index is 3.08. The average molecular weight is 277 g/mol. The molecule has 11 heavy (non-hydrogen) atoms. The van der Waals surface area contributed by atoms with Crippen molar-refractivity contribution >= 4 is 38.8 Å². The molecule has 0 N–H and O–H groups in total. The van der Waals surface area contributed by atoms with Crippen molar-refractivity contribution in [1.82, 2.24) is 4.40 Å². The molecule has 0 saturated carbocycles. The van der Waals surface area contributed by atoms with Crippen LogP contribution in [0.25, 0.3) is 4.83 Å². The summed E-state index contributed by atoms with van der Waals surface area (Å²) in [5, 5.41) is 1.92. The molecule has 2 aromatic heterocycles. The van der Waals surface area contributed by atoms with Crippen LogP contribution in [-0.4, -0.2) is 4.40 Å². The highest BCUT2D eigenvalue weighted by Gasteiger charge is 1.99. The molecule has 56 valence electrons. The Hall–Kier alpha value is -0.360. The first kappa shape index (κ1) is 7.30. The first-order valence-electron chi connectivity index (χ1n) is 3.03. The maximum absolute atomic E-state index is 11.2. The van der Waals surface area contributed by atoms with E-state index in [-0.39, 0.29) is 5.56 Å². The Kier molecular flexibility index (Phi) is 1.72. The van der Waals surface area contributed by atoms with E-state index >= 15 is 0 Å². The number of hydrogen-bond donors (Lipinski definition) is 0. The second-order valence-electron chi connectivity index (χ2n) is 2.10. The summed E-state index contributed by atoms with van der Waals surface area (Å²) in [5.74, 6) is 0. The number of nitrogens with zero attached hydrogens (tertiary/aromatic N) is 1. The molecule has 0 fully saturated rings. The van der Waals surface area contributed by atoms with E-state index in [0.717, 1.165) is 8.40 Å². The van der Waals surface area contributed by atoms with Crippen molar-refractivity contribution in [2.75, 3.05) is 0 Å². The lowest BCUT2D eigenvalue weighted by Gasteiger charge is -1.92. The monoisotopic (exact) mass is 277 g/mol. The topological polar surface area (TPSA) is 21.5 Å². The summed E-state index contributed by atoms with van der Waals surface area (Å²) >= 11 is 3.81. The van der Waals surface area contributed by atoms with Gasteiger partial charge < -0.3 is 0 Å². The molecule has 0 bridgehead atoms. The van der Waals surface area contributed by atoms with Gasteiger partial charge in [-0.1, -0.05) is 0 Å². The van der Waals surface area contributed by atoms with Crippen LogP contribution >= 0.6 is 33.9 Å². The third-order valence-corrected chi connectivity index (χ3v) is 3.56. The molecule has 0 unspecified atom stereocenters. The average Bonchev–Trinajstić information content (AvgIpc) is 2.45. The number of pyridine rings is 1.